The van der Waals surface area contributed by atoms with E-state index in [1.54, 1.807) is 0 Å². The number of fused-ring (bicyclic) bond motifs is 2. The number of allylic oxidation sites excluding steroid dienone is 3. The highest BCUT2D eigenvalue weighted by molar-refractivity contribution is 5.64. The van der Waals surface area contributed by atoms with E-state index < -0.39 is 0 Å². The minimum absolute atomic E-state index is 0.566. The molecule has 0 heterocycles. The van der Waals surface area contributed by atoms with Crippen LogP contribution in [0.1, 0.15) is 66.2 Å². The highest BCUT2D eigenvalue weighted by atomic mass is 14.3. The van der Waals surface area contributed by atoms with Gasteiger partial charge >= 0.3 is 0 Å². The summed E-state index contributed by atoms with van der Waals surface area (Å²) < 4.78 is 0. The molecule has 0 aliphatic heterocycles. The molecule has 132 valence electrons. The van der Waals surface area contributed by atoms with Crippen LogP contribution in [0.3, 0.4) is 0 Å². The van der Waals surface area contributed by atoms with Crippen LogP contribution in [0.4, 0.5) is 0 Å². The van der Waals surface area contributed by atoms with Gasteiger partial charge in [0.1, 0.15) is 0 Å². The Hall–Kier alpha value is -2.34. The maximum absolute atomic E-state index is 3.87. The molecule has 2 aromatic rings. The molecule has 0 aromatic heterocycles. The Morgan fingerprint density at radius 1 is 0.846 bits per heavy atom. The monoisotopic (exact) mass is 340 g/mol. The summed E-state index contributed by atoms with van der Waals surface area (Å²) in [5.41, 5.74) is 5.86. The van der Waals surface area contributed by atoms with Crippen LogP contribution >= 0.6 is 0 Å². The zero-order valence-corrected chi connectivity index (χ0v) is 15.5. The highest BCUT2D eigenvalue weighted by Gasteiger charge is 2.29. The van der Waals surface area contributed by atoms with Crippen molar-refractivity contribution in [2.75, 3.05) is 0 Å². The molecular formula is C26H28. The summed E-state index contributed by atoms with van der Waals surface area (Å²) in [5, 5.41) is 0. The molecule has 0 heteroatoms. The molecule has 0 saturated heterocycles. The van der Waals surface area contributed by atoms with Gasteiger partial charge in [0.05, 0.1) is 0 Å². The first kappa shape index (κ1) is 17.1. The molecule has 0 saturated carbocycles. The standard InChI is InChI=1S/C26H28/c1-2-3-4-5-12-22(26-18-17-21-11-7-9-14-25(21)26)19-23-16-15-20-10-6-8-13-24(20)23/h2,6-11,13-18,22-23,26H,1,3-5,12,19H2. The van der Waals surface area contributed by atoms with Crippen LogP contribution in [-0.4, -0.2) is 0 Å². The summed E-state index contributed by atoms with van der Waals surface area (Å²) in [5.74, 6) is 1.83. The topological polar surface area (TPSA) is 0 Å². The average molecular weight is 341 g/mol. The summed E-state index contributed by atoms with van der Waals surface area (Å²) in [6.45, 7) is 3.87. The van der Waals surface area contributed by atoms with Gasteiger partial charge in [-0.25, -0.2) is 0 Å². The van der Waals surface area contributed by atoms with Crippen molar-refractivity contribution in [1.82, 2.24) is 0 Å². The molecule has 0 spiro atoms. The number of hydrogen-bond acceptors (Lipinski definition) is 0. The Bertz CT molecular complexity index is 823. The Morgan fingerprint density at radius 2 is 1.54 bits per heavy atom. The lowest BCUT2D eigenvalue weighted by Crippen LogP contribution is -2.13. The van der Waals surface area contributed by atoms with Crippen LogP contribution in [0.5, 0.6) is 0 Å². The van der Waals surface area contributed by atoms with Crippen molar-refractivity contribution >= 4 is 12.2 Å². The SMILES string of the molecule is C=CCCCCC(CC1C=Cc2ccccc21)C1C=Cc2ccccc21. The summed E-state index contributed by atoms with van der Waals surface area (Å²) in [4.78, 5) is 0. The van der Waals surface area contributed by atoms with Crippen molar-refractivity contribution < 1.29 is 0 Å². The van der Waals surface area contributed by atoms with Crippen molar-refractivity contribution in [1.29, 1.82) is 0 Å². The zero-order valence-electron chi connectivity index (χ0n) is 15.5. The Morgan fingerprint density at radius 3 is 2.35 bits per heavy atom. The molecule has 0 amide bonds. The third-order valence-electron chi connectivity index (χ3n) is 6.04. The molecular weight excluding hydrogens is 312 g/mol. The molecule has 26 heavy (non-hydrogen) atoms. The predicted molar refractivity (Wildman–Crippen MR) is 113 cm³/mol. The quantitative estimate of drug-likeness (QED) is 0.348. The smallest absolute Gasteiger partial charge is 0.00558 e. The van der Waals surface area contributed by atoms with Crippen molar-refractivity contribution in [2.45, 2.75) is 43.9 Å². The van der Waals surface area contributed by atoms with E-state index in [0.29, 0.717) is 17.8 Å². The first-order valence-corrected chi connectivity index (χ1v) is 10.0. The van der Waals surface area contributed by atoms with Crippen LogP contribution in [0.15, 0.2) is 73.3 Å². The van der Waals surface area contributed by atoms with E-state index in [1.165, 1.54) is 47.9 Å². The second-order valence-electron chi connectivity index (χ2n) is 7.68. The molecule has 2 aliphatic carbocycles. The lowest BCUT2D eigenvalue weighted by Gasteiger charge is -2.27. The first-order valence-electron chi connectivity index (χ1n) is 10.0. The van der Waals surface area contributed by atoms with E-state index >= 15 is 0 Å². The molecule has 0 nitrogen and oxygen atoms in total. The number of unbranched alkanes of at least 4 members (excludes halogenated alkanes) is 2. The normalized spacial score (nSPS) is 20.8. The van der Waals surface area contributed by atoms with Crippen LogP contribution < -0.4 is 0 Å². The van der Waals surface area contributed by atoms with E-state index in [-0.39, 0.29) is 0 Å². The van der Waals surface area contributed by atoms with Crippen molar-refractivity contribution in [3.63, 3.8) is 0 Å². The number of benzene rings is 2. The van der Waals surface area contributed by atoms with E-state index in [2.05, 4.69) is 85.5 Å². The molecule has 2 aromatic carbocycles. The van der Waals surface area contributed by atoms with Gasteiger partial charge in [-0.2, -0.15) is 0 Å². The molecule has 0 radical (unpaired) electrons. The second kappa shape index (κ2) is 7.91. The van der Waals surface area contributed by atoms with E-state index in [0.717, 1.165) is 6.42 Å². The fraction of sp³-hybridized carbons (Fsp3) is 0.308. The Labute approximate surface area is 158 Å². The minimum Gasteiger partial charge on any atom is -0.103 e. The molecule has 0 bridgehead atoms. The predicted octanol–water partition coefficient (Wildman–Crippen LogP) is 7.36. The van der Waals surface area contributed by atoms with Gasteiger partial charge in [0, 0.05) is 11.8 Å². The fourth-order valence-corrected chi connectivity index (χ4v) is 4.68. The second-order valence-corrected chi connectivity index (χ2v) is 7.68. The van der Waals surface area contributed by atoms with E-state index in [9.17, 15) is 0 Å². The summed E-state index contributed by atoms with van der Waals surface area (Å²) in [6.07, 6.45) is 17.8. The van der Waals surface area contributed by atoms with E-state index in [4.69, 9.17) is 0 Å². The van der Waals surface area contributed by atoms with Crippen molar-refractivity contribution in [3.8, 4) is 0 Å². The van der Waals surface area contributed by atoms with Crippen molar-refractivity contribution in [2.24, 2.45) is 5.92 Å². The van der Waals surface area contributed by atoms with Crippen LogP contribution in [0.25, 0.3) is 12.2 Å². The van der Waals surface area contributed by atoms with Crippen LogP contribution in [0.2, 0.25) is 0 Å². The maximum Gasteiger partial charge on any atom is 0.00558 e. The number of hydrogen-bond donors (Lipinski definition) is 0. The summed E-state index contributed by atoms with van der Waals surface area (Å²) >= 11 is 0. The Balaban J connectivity index is 1.53. The molecule has 0 N–H and O–H groups in total. The summed E-state index contributed by atoms with van der Waals surface area (Å²) in [6, 6.07) is 17.8. The molecule has 2 aliphatic rings. The zero-order chi connectivity index (χ0) is 17.8. The third-order valence-corrected chi connectivity index (χ3v) is 6.04. The molecule has 3 atom stereocenters. The van der Waals surface area contributed by atoms with Gasteiger partial charge in [0.15, 0.2) is 0 Å². The third kappa shape index (κ3) is 3.46. The molecule has 0 fully saturated rings. The van der Waals surface area contributed by atoms with Gasteiger partial charge < -0.3 is 0 Å². The van der Waals surface area contributed by atoms with Gasteiger partial charge in [-0.05, 0) is 53.9 Å². The van der Waals surface area contributed by atoms with E-state index in [1.807, 2.05) is 0 Å². The number of rotatable bonds is 8. The Kier molecular flexibility index (Phi) is 5.20. The lowest BCUT2D eigenvalue weighted by atomic mass is 9.77. The maximum atomic E-state index is 3.87. The first-order chi connectivity index (χ1) is 12.9. The average Bonchev–Trinajstić information content (AvgIpc) is 3.29. The highest BCUT2D eigenvalue weighted by Crippen LogP contribution is 2.44. The molecule has 3 unspecified atom stereocenters. The van der Waals surface area contributed by atoms with Crippen LogP contribution in [0, 0.1) is 5.92 Å². The van der Waals surface area contributed by atoms with Gasteiger partial charge in [-0.15, -0.1) is 6.58 Å². The van der Waals surface area contributed by atoms with Gasteiger partial charge in [-0.1, -0.05) is 85.3 Å². The van der Waals surface area contributed by atoms with Gasteiger partial charge in [0.2, 0.25) is 0 Å². The van der Waals surface area contributed by atoms with Crippen molar-refractivity contribution in [3.05, 3.63) is 95.6 Å². The molecule has 4 rings (SSSR count). The van der Waals surface area contributed by atoms with Gasteiger partial charge in [0.25, 0.3) is 0 Å². The summed E-state index contributed by atoms with van der Waals surface area (Å²) in [7, 11) is 0. The van der Waals surface area contributed by atoms with Gasteiger partial charge in [-0.3, -0.25) is 0 Å². The lowest BCUT2D eigenvalue weighted by molar-refractivity contribution is 0.385. The minimum atomic E-state index is 0.566. The largest absolute Gasteiger partial charge is 0.103 e. The fourth-order valence-electron chi connectivity index (χ4n) is 4.68. The van der Waals surface area contributed by atoms with Crippen LogP contribution in [-0.2, 0) is 0 Å².